The highest BCUT2D eigenvalue weighted by molar-refractivity contribution is 8.13. The molecule has 1 heterocycles. The molecule has 0 spiro atoms. The molecule has 21 heavy (non-hydrogen) atoms. The number of benzene rings is 1. The summed E-state index contributed by atoms with van der Waals surface area (Å²) in [7, 11) is 0.755. The maximum absolute atomic E-state index is 13.6. The number of aromatic nitrogens is 2. The van der Waals surface area contributed by atoms with Gasteiger partial charge in [0.25, 0.3) is 14.6 Å². The fourth-order valence-electron chi connectivity index (χ4n) is 1.63. The largest absolute Gasteiger partial charge is 0.328 e. The minimum absolute atomic E-state index is 0.0505. The molecular weight excluding hydrogens is 346 g/mol. The van der Waals surface area contributed by atoms with E-state index in [0.717, 1.165) is 16.8 Å². The molecule has 1 N–H and O–H groups in total. The van der Waals surface area contributed by atoms with Crippen LogP contribution < -0.4 is 11.2 Å². The van der Waals surface area contributed by atoms with Gasteiger partial charge in [-0.25, -0.2) is 17.6 Å². The van der Waals surface area contributed by atoms with Gasteiger partial charge in [-0.15, -0.1) is 0 Å². The summed E-state index contributed by atoms with van der Waals surface area (Å²) in [6, 6.07) is 3.71. The normalized spacial score (nSPS) is 11.6. The second-order valence-electron chi connectivity index (χ2n) is 4.05. The van der Waals surface area contributed by atoms with Gasteiger partial charge in [-0.1, -0.05) is 11.6 Å². The average molecular weight is 353 g/mol. The lowest BCUT2D eigenvalue weighted by molar-refractivity contribution is 0.586. The van der Waals surface area contributed by atoms with E-state index in [1.807, 2.05) is 0 Å². The second kappa shape index (κ2) is 5.63. The van der Waals surface area contributed by atoms with Crippen molar-refractivity contribution in [3.05, 3.63) is 61.6 Å². The summed E-state index contributed by atoms with van der Waals surface area (Å²) in [6.07, 6.45) is 0.754. The Morgan fingerprint density at radius 2 is 1.95 bits per heavy atom. The predicted molar refractivity (Wildman–Crippen MR) is 74.9 cm³/mol. The molecule has 0 unspecified atom stereocenters. The standard InChI is InChI=1S/C11H7Cl2FN2O4S/c12-7-1-2-8(14)6(3-7)4-16-5-9(21(13,19)20)10(17)15-11(16)18/h1-3,5H,4H2,(H,15,17,18). The number of H-pyrrole nitrogens is 1. The molecule has 0 saturated carbocycles. The molecule has 0 atom stereocenters. The van der Waals surface area contributed by atoms with Gasteiger partial charge in [0.05, 0.1) is 6.54 Å². The van der Waals surface area contributed by atoms with Crippen LogP contribution in [0, 0.1) is 5.82 Å². The molecule has 0 aliphatic heterocycles. The predicted octanol–water partition coefficient (Wildman–Crippen LogP) is 1.30. The Morgan fingerprint density at radius 1 is 1.29 bits per heavy atom. The van der Waals surface area contributed by atoms with Gasteiger partial charge in [0.2, 0.25) is 0 Å². The molecule has 0 bridgehead atoms. The SMILES string of the molecule is O=c1[nH]c(=O)n(Cc2cc(Cl)ccc2F)cc1S(=O)(=O)Cl. The van der Waals surface area contributed by atoms with Gasteiger partial charge in [0.1, 0.15) is 5.82 Å². The molecule has 0 radical (unpaired) electrons. The zero-order chi connectivity index (χ0) is 15.8. The van der Waals surface area contributed by atoms with Gasteiger partial charge in [-0.05, 0) is 18.2 Å². The van der Waals surface area contributed by atoms with Crippen LogP contribution in [0.3, 0.4) is 0 Å². The second-order valence-corrected chi connectivity index (χ2v) is 7.02. The van der Waals surface area contributed by atoms with Gasteiger partial charge in [0, 0.05) is 27.5 Å². The van der Waals surface area contributed by atoms with Crippen LogP contribution >= 0.6 is 22.3 Å². The number of rotatable bonds is 3. The van der Waals surface area contributed by atoms with Gasteiger partial charge in [-0.2, -0.15) is 0 Å². The van der Waals surface area contributed by atoms with Crippen molar-refractivity contribution in [1.82, 2.24) is 9.55 Å². The van der Waals surface area contributed by atoms with Crippen LogP contribution in [0.2, 0.25) is 5.02 Å². The molecule has 112 valence electrons. The van der Waals surface area contributed by atoms with Crippen LogP contribution in [0.5, 0.6) is 0 Å². The smallest absolute Gasteiger partial charge is 0.295 e. The summed E-state index contributed by atoms with van der Waals surface area (Å²) in [5.41, 5.74) is -1.99. The van der Waals surface area contributed by atoms with Crippen LogP contribution in [0.1, 0.15) is 5.56 Å². The number of aromatic amines is 1. The lowest BCUT2D eigenvalue weighted by Gasteiger charge is -2.08. The summed E-state index contributed by atoms with van der Waals surface area (Å²) in [5, 5.41) is 0.245. The van der Waals surface area contributed by atoms with E-state index in [4.69, 9.17) is 22.3 Å². The van der Waals surface area contributed by atoms with E-state index in [0.29, 0.717) is 0 Å². The van der Waals surface area contributed by atoms with Crippen molar-refractivity contribution in [2.45, 2.75) is 11.4 Å². The molecule has 0 aliphatic rings. The third-order valence-corrected chi connectivity index (χ3v) is 4.14. The molecule has 0 aliphatic carbocycles. The highest BCUT2D eigenvalue weighted by atomic mass is 35.7. The van der Waals surface area contributed by atoms with Crippen LogP contribution in [0.15, 0.2) is 38.9 Å². The number of hydrogen-bond acceptors (Lipinski definition) is 4. The first kappa shape index (κ1) is 15.7. The van der Waals surface area contributed by atoms with Crippen molar-refractivity contribution in [1.29, 1.82) is 0 Å². The van der Waals surface area contributed by atoms with Crippen molar-refractivity contribution < 1.29 is 12.8 Å². The van der Waals surface area contributed by atoms with Gasteiger partial charge >= 0.3 is 5.69 Å². The molecule has 2 rings (SSSR count). The summed E-state index contributed by atoms with van der Waals surface area (Å²) in [4.78, 5) is 24.0. The van der Waals surface area contributed by atoms with E-state index in [1.165, 1.54) is 12.1 Å². The molecule has 6 nitrogen and oxygen atoms in total. The molecule has 1 aromatic carbocycles. The minimum Gasteiger partial charge on any atom is -0.295 e. The molecule has 1 aromatic heterocycles. The molecule has 2 aromatic rings. The highest BCUT2D eigenvalue weighted by Gasteiger charge is 2.17. The molecule has 0 fully saturated rings. The zero-order valence-electron chi connectivity index (χ0n) is 10.1. The zero-order valence-corrected chi connectivity index (χ0v) is 12.5. The van der Waals surface area contributed by atoms with E-state index in [2.05, 4.69) is 0 Å². The Balaban J connectivity index is 2.58. The lowest BCUT2D eigenvalue weighted by atomic mass is 10.2. The Bertz CT molecular complexity index is 921. The third kappa shape index (κ3) is 3.52. The quantitative estimate of drug-likeness (QED) is 0.843. The minimum atomic E-state index is -4.33. The summed E-state index contributed by atoms with van der Waals surface area (Å²) in [5.74, 6) is -0.632. The van der Waals surface area contributed by atoms with Crippen LogP contribution in [-0.2, 0) is 15.6 Å². The maximum atomic E-state index is 13.6. The van der Waals surface area contributed by atoms with Crippen molar-refractivity contribution >= 4 is 31.3 Å². The van der Waals surface area contributed by atoms with Gasteiger partial charge in [-0.3, -0.25) is 14.3 Å². The Hall–Kier alpha value is -1.64. The number of nitrogens with one attached hydrogen (secondary N) is 1. The van der Waals surface area contributed by atoms with Crippen LogP contribution in [0.4, 0.5) is 4.39 Å². The Labute approximate surface area is 127 Å². The summed E-state index contributed by atoms with van der Waals surface area (Å²) in [6.45, 7) is -0.318. The number of hydrogen-bond donors (Lipinski definition) is 1. The third-order valence-electron chi connectivity index (χ3n) is 2.59. The number of nitrogens with zero attached hydrogens (tertiary/aromatic N) is 1. The van der Waals surface area contributed by atoms with Crippen molar-refractivity contribution in [3.63, 3.8) is 0 Å². The van der Waals surface area contributed by atoms with E-state index in [9.17, 15) is 22.4 Å². The van der Waals surface area contributed by atoms with Gasteiger partial charge < -0.3 is 0 Å². The first-order valence-corrected chi connectivity index (χ1v) is 8.09. The van der Waals surface area contributed by atoms with E-state index < -0.39 is 31.0 Å². The fourth-order valence-corrected chi connectivity index (χ4v) is 2.68. The lowest BCUT2D eigenvalue weighted by Crippen LogP contribution is -2.32. The molecule has 0 amide bonds. The fraction of sp³-hybridized carbons (Fsp3) is 0.0909. The first-order valence-electron chi connectivity index (χ1n) is 5.41. The van der Waals surface area contributed by atoms with Crippen molar-refractivity contribution in [3.8, 4) is 0 Å². The van der Waals surface area contributed by atoms with E-state index in [1.54, 1.807) is 4.98 Å². The highest BCUT2D eigenvalue weighted by Crippen LogP contribution is 2.16. The summed E-state index contributed by atoms with van der Waals surface area (Å²) < 4.78 is 36.9. The summed E-state index contributed by atoms with van der Waals surface area (Å²) >= 11 is 5.72. The van der Waals surface area contributed by atoms with E-state index in [-0.39, 0.29) is 17.1 Å². The van der Waals surface area contributed by atoms with E-state index >= 15 is 0 Å². The first-order chi connectivity index (χ1) is 9.68. The Morgan fingerprint density at radius 3 is 2.57 bits per heavy atom. The van der Waals surface area contributed by atoms with Crippen molar-refractivity contribution in [2.75, 3.05) is 0 Å². The molecular formula is C11H7Cl2FN2O4S. The van der Waals surface area contributed by atoms with Crippen LogP contribution in [-0.4, -0.2) is 18.0 Å². The molecule has 10 heteroatoms. The van der Waals surface area contributed by atoms with Crippen LogP contribution in [0.25, 0.3) is 0 Å². The maximum Gasteiger partial charge on any atom is 0.328 e. The van der Waals surface area contributed by atoms with Crippen molar-refractivity contribution in [2.24, 2.45) is 0 Å². The average Bonchev–Trinajstić information content (AvgIpc) is 2.35. The van der Waals surface area contributed by atoms with Gasteiger partial charge in [0.15, 0.2) is 4.90 Å². The number of halogens is 3. The Kier molecular flexibility index (Phi) is 4.22. The monoisotopic (exact) mass is 352 g/mol. The molecule has 0 saturated heterocycles. The topological polar surface area (TPSA) is 89.0 Å².